The van der Waals surface area contributed by atoms with Crippen LogP contribution in [0.2, 0.25) is 0 Å². The van der Waals surface area contributed by atoms with Crippen LogP contribution in [0.3, 0.4) is 0 Å². The summed E-state index contributed by atoms with van der Waals surface area (Å²) in [5, 5.41) is 9.45. The van der Waals surface area contributed by atoms with Crippen LogP contribution in [-0.2, 0) is 22.7 Å². The second kappa shape index (κ2) is 5.35. The Labute approximate surface area is 116 Å². The number of rotatable bonds is 4. The maximum atomic E-state index is 11.5. The molecule has 1 atom stereocenters. The van der Waals surface area contributed by atoms with Crippen LogP contribution < -0.4 is 4.74 Å². The molecule has 3 rings (SSSR count). The normalized spacial score (nSPS) is 14.6. The number of carboxylic acid groups (broad SMARTS) is 1. The number of para-hydroxylation sites is 1. The van der Waals surface area contributed by atoms with E-state index < -0.39 is 12.1 Å². The third-order valence-electron chi connectivity index (χ3n) is 3.32. The summed E-state index contributed by atoms with van der Waals surface area (Å²) >= 11 is 0. The maximum absolute atomic E-state index is 11.5. The summed E-state index contributed by atoms with van der Waals surface area (Å²) in [4.78, 5) is 11.5. The summed E-state index contributed by atoms with van der Waals surface area (Å²) in [6, 6.07) is 14.6. The van der Waals surface area contributed by atoms with Crippen LogP contribution in [0.5, 0.6) is 5.75 Å². The van der Waals surface area contributed by atoms with Gasteiger partial charge in [-0.15, -0.1) is 0 Å². The van der Waals surface area contributed by atoms with E-state index in [1.165, 1.54) is 0 Å². The third kappa shape index (κ3) is 2.38. The first-order valence-corrected chi connectivity index (χ1v) is 6.38. The lowest BCUT2D eigenvalue weighted by molar-refractivity contribution is -0.145. The van der Waals surface area contributed by atoms with Gasteiger partial charge in [0.15, 0.2) is 0 Å². The van der Waals surface area contributed by atoms with Crippen molar-refractivity contribution in [1.82, 2.24) is 0 Å². The SMILES string of the molecule is O=C(O)C(Oc1ccccc1)c1cccc2c1COC2. The van der Waals surface area contributed by atoms with Crippen molar-refractivity contribution in [2.45, 2.75) is 19.3 Å². The quantitative estimate of drug-likeness (QED) is 0.928. The van der Waals surface area contributed by atoms with E-state index in [2.05, 4.69) is 0 Å². The monoisotopic (exact) mass is 270 g/mol. The highest BCUT2D eigenvalue weighted by Gasteiger charge is 2.27. The minimum atomic E-state index is -1.02. The van der Waals surface area contributed by atoms with Gasteiger partial charge in [-0.05, 0) is 23.3 Å². The Kier molecular flexibility index (Phi) is 3.39. The van der Waals surface area contributed by atoms with Crippen molar-refractivity contribution in [2.24, 2.45) is 0 Å². The zero-order chi connectivity index (χ0) is 13.9. The van der Waals surface area contributed by atoms with Gasteiger partial charge in [-0.2, -0.15) is 0 Å². The fraction of sp³-hybridized carbons (Fsp3) is 0.188. The van der Waals surface area contributed by atoms with Gasteiger partial charge in [0.2, 0.25) is 6.10 Å². The Hall–Kier alpha value is -2.33. The van der Waals surface area contributed by atoms with Crippen LogP contribution in [0.1, 0.15) is 22.8 Å². The van der Waals surface area contributed by atoms with Gasteiger partial charge in [0.05, 0.1) is 13.2 Å². The van der Waals surface area contributed by atoms with Gasteiger partial charge in [0.1, 0.15) is 5.75 Å². The minimum Gasteiger partial charge on any atom is -0.478 e. The Balaban J connectivity index is 1.96. The lowest BCUT2D eigenvalue weighted by Crippen LogP contribution is -2.19. The van der Waals surface area contributed by atoms with Crippen LogP contribution in [0.15, 0.2) is 48.5 Å². The maximum Gasteiger partial charge on any atom is 0.349 e. The standard InChI is InChI=1S/C16H14O4/c17-16(18)15(20-12-6-2-1-3-7-12)13-8-4-5-11-9-19-10-14(11)13/h1-8,15H,9-10H2,(H,17,18). The molecule has 0 saturated carbocycles. The molecular weight excluding hydrogens is 256 g/mol. The van der Waals surface area contributed by atoms with Gasteiger partial charge in [-0.1, -0.05) is 36.4 Å². The molecule has 4 heteroatoms. The first-order valence-electron chi connectivity index (χ1n) is 6.38. The number of ether oxygens (including phenoxy) is 2. The molecule has 0 saturated heterocycles. The van der Waals surface area contributed by atoms with Gasteiger partial charge in [-0.3, -0.25) is 0 Å². The van der Waals surface area contributed by atoms with E-state index in [1.807, 2.05) is 30.3 Å². The molecule has 1 aliphatic heterocycles. The molecule has 0 aromatic heterocycles. The van der Waals surface area contributed by atoms with Gasteiger partial charge in [0.25, 0.3) is 0 Å². The Morgan fingerprint density at radius 3 is 2.65 bits per heavy atom. The smallest absolute Gasteiger partial charge is 0.349 e. The molecule has 0 amide bonds. The van der Waals surface area contributed by atoms with E-state index in [0.29, 0.717) is 24.5 Å². The number of fused-ring (bicyclic) bond motifs is 1. The topological polar surface area (TPSA) is 55.8 Å². The molecule has 0 fully saturated rings. The molecule has 102 valence electrons. The summed E-state index contributed by atoms with van der Waals surface area (Å²) < 4.78 is 11.0. The molecule has 0 spiro atoms. The molecule has 0 bridgehead atoms. The fourth-order valence-corrected chi connectivity index (χ4v) is 2.36. The highest BCUT2D eigenvalue weighted by molar-refractivity contribution is 5.75. The highest BCUT2D eigenvalue weighted by Crippen LogP contribution is 2.30. The average Bonchev–Trinajstić information content (AvgIpc) is 2.94. The summed E-state index contributed by atoms with van der Waals surface area (Å²) in [6.07, 6.45) is -1.02. The number of hydrogen-bond donors (Lipinski definition) is 1. The van der Waals surface area contributed by atoms with E-state index >= 15 is 0 Å². The summed E-state index contributed by atoms with van der Waals surface area (Å²) in [6.45, 7) is 0.967. The number of hydrogen-bond acceptors (Lipinski definition) is 3. The number of carbonyl (C=O) groups is 1. The third-order valence-corrected chi connectivity index (χ3v) is 3.32. The van der Waals surface area contributed by atoms with Crippen molar-refractivity contribution in [2.75, 3.05) is 0 Å². The lowest BCUT2D eigenvalue weighted by atomic mass is 9.99. The van der Waals surface area contributed by atoms with Gasteiger partial charge in [0, 0.05) is 5.56 Å². The zero-order valence-electron chi connectivity index (χ0n) is 10.8. The van der Waals surface area contributed by atoms with Crippen LogP contribution >= 0.6 is 0 Å². The molecule has 2 aromatic carbocycles. The van der Waals surface area contributed by atoms with Crippen molar-refractivity contribution in [1.29, 1.82) is 0 Å². The van der Waals surface area contributed by atoms with E-state index in [9.17, 15) is 9.90 Å². The highest BCUT2D eigenvalue weighted by atomic mass is 16.5. The summed E-state index contributed by atoms with van der Waals surface area (Å²) in [5.74, 6) is -0.467. The predicted octanol–water partition coefficient (Wildman–Crippen LogP) is 2.92. The van der Waals surface area contributed by atoms with Crippen molar-refractivity contribution >= 4 is 5.97 Å². The Morgan fingerprint density at radius 2 is 1.90 bits per heavy atom. The van der Waals surface area contributed by atoms with Crippen LogP contribution in [0.4, 0.5) is 0 Å². The fourth-order valence-electron chi connectivity index (χ4n) is 2.36. The van der Waals surface area contributed by atoms with Crippen LogP contribution in [-0.4, -0.2) is 11.1 Å². The molecule has 1 unspecified atom stereocenters. The van der Waals surface area contributed by atoms with E-state index in [0.717, 1.165) is 11.1 Å². The van der Waals surface area contributed by atoms with Gasteiger partial charge < -0.3 is 14.6 Å². The first kappa shape index (κ1) is 12.7. The Bertz CT molecular complexity index is 622. The van der Waals surface area contributed by atoms with Crippen LogP contribution in [0.25, 0.3) is 0 Å². The number of carboxylic acids is 1. The van der Waals surface area contributed by atoms with Gasteiger partial charge in [-0.25, -0.2) is 4.79 Å². The van der Waals surface area contributed by atoms with E-state index in [-0.39, 0.29) is 0 Å². The molecular formula is C16H14O4. The average molecular weight is 270 g/mol. The molecule has 1 heterocycles. The summed E-state index contributed by atoms with van der Waals surface area (Å²) in [7, 11) is 0. The molecule has 20 heavy (non-hydrogen) atoms. The van der Waals surface area contributed by atoms with Crippen molar-refractivity contribution in [3.63, 3.8) is 0 Å². The summed E-state index contributed by atoms with van der Waals surface area (Å²) in [5.41, 5.74) is 2.62. The minimum absolute atomic E-state index is 0.438. The lowest BCUT2D eigenvalue weighted by Gasteiger charge is -2.17. The molecule has 4 nitrogen and oxygen atoms in total. The number of benzene rings is 2. The molecule has 1 N–H and O–H groups in total. The van der Waals surface area contributed by atoms with Crippen molar-refractivity contribution in [3.8, 4) is 5.75 Å². The Morgan fingerprint density at radius 1 is 1.10 bits per heavy atom. The first-order chi connectivity index (χ1) is 9.75. The van der Waals surface area contributed by atoms with Gasteiger partial charge >= 0.3 is 5.97 Å². The van der Waals surface area contributed by atoms with Crippen LogP contribution in [0, 0.1) is 0 Å². The largest absolute Gasteiger partial charge is 0.478 e. The zero-order valence-corrected chi connectivity index (χ0v) is 10.8. The van der Waals surface area contributed by atoms with Crippen molar-refractivity contribution < 1.29 is 19.4 Å². The second-order valence-corrected chi connectivity index (χ2v) is 4.63. The molecule has 0 aliphatic carbocycles. The van der Waals surface area contributed by atoms with Crippen molar-refractivity contribution in [3.05, 3.63) is 65.2 Å². The number of aliphatic carboxylic acids is 1. The molecule has 1 aliphatic rings. The molecule has 2 aromatic rings. The van der Waals surface area contributed by atoms with E-state index in [4.69, 9.17) is 9.47 Å². The second-order valence-electron chi connectivity index (χ2n) is 4.63. The molecule has 0 radical (unpaired) electrons. The van der Waals surface area contributed by atoms with E-state index in [1.54, 1.807) is 18.2 Å². The predicted molar refractivity (Wildman–Crippen MR) is 72.4 cm³/mol.